The summed E-state index contributed by atoms with van der Waals surface area (Å²) in [6.07, 6.45) is 0.672. The molecule has 0 unspecified atom stereocenters. The van der Waals surface area contributed by atoms with Crippen LogP contribution in [-0.2, 0) is 10.0 Å². The minimum Gasteiger partial charge on any atom is -0.497 e. The van der Waals surface area contributed by atoms with E-state index < -0.39 is 10.0 Å². The number of benzene rings is 1. The van der Waals surface area contributed by atoms with E-state index in [0.717, 1.165) is 0 Å². The van der Waals surface area contributed by atoms with Crippen LogP contribution in [0.15, 0.2) is 23.1 Å². The monoisotopic (exact) mass is 286 g/mol. The smallest absolute Gasteiger partial charge is 0.246 e. The lowest BCUT2D eigenvalue weighted by Crippen LogP contribution is -2.32. The molecule has 2 rings (SSSR count). The number of hydrogen-bond acceptors (Lipinski definition) is 5. The van der Waals surface area contributed by atoms with Crippen LogP contribution in [0.1, 0.15) is 6.42 Å². The first-order valence-corrected chi connectivity index (χ1v) is 7.41. The fourth-order valence-electron chi connectivity index (χ4n) is 2.10. The first kappa shape index (κ1) is 14.1. The Morgan fingerprint density at radius 1 is 1.32 bits per heavy atom. The number of nitrogens with zero attached hydrogens (tertiary/aromatic N) is 1. The van der Waals surface area contributed by atoms with Crippen molar-refractivity contribution in [1.82, 2.24) is 4.31 Å². The molecular formula is C12H18N2O4S. The van der Waals surface area contributed by atoms with Crippen LogP contribution in [0, 0.1) is 0 Å². The van der Waals surface area contributed by atoms with Crippen molar-refractivity contribution in [1.29, 1.82) is 0 Å². The predicted octanol–water partition coefficient (Wildman–Crippen LogP) is 0.426. The van der Waals surface area contributed by atoms with Gasteiger partial charge in [-0.3, -0.25) is 0 Å². The molecule has 2 N–H and O–H groups in total. The molecule has 0 bridgehead atoms. The van der Waals surface area contributed by atoms with Crippen molar-refractivity contribution in [3.05, 3.63) is 18.2 Å². The quantitative estimate of drug-likeness (QED) is 0.867. The van der Waals surface area contributed by atoms with Crippen LogP contribution in [0.3, 0.4) is 0 Å². The molecule has 1 atom stereocenters. The summed E-state index contributed by atoms with van der Waals surface area (Å²) in [5.41, 5.74) is 5.76. The van der Waals surface area contributed by atoms with Gasteiger partial charge in [0.1, 0.15) is 16.4 Å². The second-order valence-electron chi connectivity index (χ2n) is 4.43. The van der Waals surface area contributed by atoms with E-state index in [1.807, 2.05) is 0 Å². The lowest BCUT2D eigenvalue weighted by atomic mass is 10.3. The van der Waals surface area contributed by atoms with Crippen molar-refractivity contribution in [3.63, 3.8) is 0 Å². The van der Waals surface area contributed by atoms with Gasteiger partial charge in [-0.05, 0) is 18.6 Å². The zero-order valence-corrected chi connectivity index (χ0v) is 11.8. The minimum atomic E-state index is -3.60. The van der Waals surface area contributed by atoms with E-state index in [2.05, 4.69) is 0 Å². The maximum Gasteiger partial charge on any atom is 0.246 e. The molecule has 0 amide bonds. The van der Waals surface area contributed by atoms with E-state index in [4.69, 9.17) is 15.2 Å². The molecule has 1 saturated heterocycles. The Balaban J connectivity index is 2.44. The molecule has 0 spiro atoms. The van der Waals surface area contributed by atoms with Crippen molar-refractivity contribution in [3.8, 4) is 11.5 Å². The summed E-state index contributed by atoms with van der Waals surface area (Å²) in [5.74, 6) is 0.782. The van der Waals surface area contributed by atoms with Gasteiger partial charge >= 0.3 is 0 Å². The SMILES string of the molecule is COc1ccc(OC)c(S(=O)(=O)N2CC[C@@H](N)C2)c1. The van der Waals surface area contributed by atoms with Gasteiger partial charge < -0.3 is 15.2 Å². The minimum absolute atomic E-state index is 0.105. The number of ether oxygens (including phenoxy) is 2. The van der Waals surface area contributed by atoms with Gasteiger partial charge in [0.15, 0.2) is 0 Å². The molecule has 1 aromatic rings. The van der Waals surface area contributed by atoms with Crippen LogP contribution in [-0.4, -0.2) is 46.1 Å². The molecule has 0 aliphatic carbocycles. The van der Waals surface area contributed by atoms with Crippen molar-refractivity contribution < 1.29 is 17.9 Å². The van der Waals surface area contributed by atoms with Crippen LogP contribution < -0.4 is 15.2 Å². The Hall–Kier alpha value is -1.31. The van der Waals surface area contributed by atoms with Gasteiger partial charge in [-0.2, -0.15) is 4.31 Å². The van der Waals surface area contributed by atoms with Gasteiger partial charge in [0.25, 0.3) is 0 Å². The molecule has 7 heteroatoms. The van der Waals surface area contributed by atoms with Crippen LogP contribution in [0.25, 0.3) is 0 Å². The Kier molecular flexibility index (Phi) is 3.98. The predicted molar refractivity (Wildman–Crippen MR) is 70.9 cm³/mol. The maximum atomic E-state index is 12.6. The number of sulfonamides is 1. The van der Waals surface area contributed by atoms with E-state index in [1.54, 1.807) is 12.1 Å². The number of rotatable bonds is 4. The van der Waals surface area contributed by atoms with Gasteiger partial charge in [-0.25, -0.2) is 8.42 Å². The Morgan fingerprint density at radius 2 is 2.05 bits per heavy atom. The fraction of sp³-hybridized carbons (Fsp3) is 0.500. The highest BCUT2D eigenvalue weighted by molar-refractivity contribution is 7.89. The van der Waals surface area contributed by atoms with Gasteiger partial charge in [-0.15, -0.1) is 0 Å². The van der Waals surface area contributed by atoms with Crippen LogP contribution in [0.2, 0.25) is 0 Å². The summed E-state index contributed by atoms with van der Waals surface area (Å²) in [6.45, 7) is 0.770. The molecule has 19 heavy (non-hydrogen) atoms. The van der Waals surface area contributed by atoms with Crippen LogP contribution in [0.5, 0.6) is 11.5 Å². The topological polar surface area (TPSA) is 81.9 Å². The number of methoxy groups -OCH3 is 2. The van der Waals surface area contributed by atoms with Crippen molar-refractivity contribution in [2.24, 2.45) is 5.73 Å². The van der Waals surface area contributed by atoms with Gasteiger partial charge in [0.2, 0.25) is 10.0 Å². The summed E-state index contributed by atoms with van der Waals surface area (Å²) in [5, 5.41) is 0. The second-order valence-corrected chi connectivity index (χ2v) is 6.33. The van der Waals surface area contributed by atoms with E-state index in [-0.39, 0.29) is 10.9 Å². The second kappa shape index (κ2) is 5.36. The van der Waals surface area contributed by atoms with Crippen molar-refractivity contribution >= 4 is 10.0 Å². The zero-order chi connectivity index (χ0) is 14.0. The Bertz CT molecular complexity index is 559. The third-order valence-corrected chi connectivity index (χ3v) is 5.06. The lowest BCUT2D eigenvalue weighted by molar-refractivity contribution is 0.388. The van der Waals surface area contributed by atoms with Gasteiger partial charge in [0.05, 0.1) is 14.2 Å². The highest BCUT2D eigenvalue weighted by Gasteiger charge is 2.33. The van der Waals surface area contributed by atoms with E-state index in [9.17, 15) is 8.42 Å². The fourth-order valence-corrected chi connectivity index (χ4v) is 3.78. The number of nitrogens with two attached hydrogens (primary N) is 1. The van der Waals surface area contributed by atoms with Crippen molar-refractivity contribution in [2.75, 3.05) is 27.3 Å². The molecular weight excluding hydrogens is 268 g/mol. The summed E-state index contributed by atoms with van der Waals surface area (Å²) in [4.78, 5) is 0.114. The average Bonchev–Trinajstić information content (AvgIpc) is 2.85. The molecule has 1 aliphatic heterocycles. The largest absolute Gasteiger partial charge is 0.497 e. The molecule has 1 aliphatic rings. The maximum absolute atomic E-state index is 12.6. The standard InChI is InChI=1S/C12H18N2O4S/c1-17-10-3-4-11(18-2)12(7-10)19(15,16)14-6-5-9(13)8-14/h3-4,7,9H,5-6,8,13H2,1-2H3/t9-/m1/s1. The third-order valence-electron chi connectivity index (χ3n) is 3.18. The summed E-state index contributed by atoms with van der Waals surface area (Å²) in [6, 6.07) is 4.61. The highest BCUT2D eigenvalue weighted by atomic mass is 32.2. The summed E-state index contributed by atoms with van der Waals surface area (Å²) >= 11 is 0. The zero-order valence-electron chi connectivity index (χ0n) is 11.0. The average molecular weight is 286 g/mol. The van der Waals surface area contributed by atoms with Crippen LogP contribution >= 0.6 is 0 Å². The van der Waals surface area contributed by atoms with E-state index in [1.165, 1.54) is 24.6 Å². The normalized spacial score (nSPS) is 20.5. The first-order chi connectivity index (χ1) is 8.98. The van der Waals surface area contributed by atoms with Crippen molar-refractivity contribution in [2.45, 2.75) is 17.4 Å². The first-order valence-electron chi connectivity index (χ1n) is 5.97. The van der Waals surface area contributed by atoms with E-state index >= 15 is 0 Å². The number of hydrogen-bond donors (Lipinski definition) is 1. The lowest BCUT2D eigenvalue weighted by Gasteiger charge is -2.18. The molecule has 0 aromatic heterocycles. The molecule has 1 aromatic carbocycles. The molecule has 106 valence electrons. The molecule has 6 nitrogen and oxygen atoms in total. The van der Waals surface area contributed by atoms with Gasteiger partial charge in [0, 0.05) is 25.2 Å². The third kappa shape index (κ3) is 2.68. The van der Waals surface area contributed by atoms with E-state index in [0.29, 0.717) is 31.0 Å². The molecule has 0 saturated carbocycles. The molecule has 0 radical (unpaired) electrons. The summed E-state index contributed by atoms with van der Waals surface area (Å²) < 4.78 is 36.7. The van der Waals surface area contributed by atoms with Crippen LogP contribution in [0.4, 0.5) is 0 Å². The molecule has 1 heterocycles. The Morgan fingerprint density at radius 3 is 2.58 bits per heavy atom. The highest BCUT2D eigenvalue weighted by Crippen LogP contribution is 2.31. The summed E-state index contributed by atoms with van der Waals surface area (Å²) in [7, 11) is -0.668. The Labute approximate surface area is 113 Å². The molecule has 1 fully saturated rings. The van der Waals surface area contributed by atoms with Gasteiger partial charge in [-0.1, -0.05) is 0 Å².